The summed E-state index contributed by atoms with van der Waals surface area (Å²) in [6.45, 7) is 2.34. The zero-order valence-electron chi connectivity index (χ0n) is 11.8. The van der Waals surface area contributed by atoms with E-state index in [1.54, 1.807) is 43.3 Å². The number of carbonyl (C=O) groups excluding carboxylic acids is 2. The maximum absolute atomic E-state index is 11.4. The van der Waals surface area contributed by atoms with E-state index in [0.717, 1.165) is 5.75 Å². The van der Waals surface area contributed by atoms with Gasteiger partial charge in [0.1, 0.15) is 5.75 Å². The molecule has 104 valence electrons. The zero-order valence-corrected chi connectivity index (χ0v) is 11.8. The van der Waals surface area contributed by atoms with Gasteiger partial charge in [0.2, 0.25) is 5.91 Å². The van der Waals surface area contributed by atoms with E-state index in [0.29, 0.717) is 31.4 Å². The van der Waals surface area contributed by atoms with Crippen LogP contribution in [0.25, 0.3) is 0 Å². The number of hydrogen-bond acceptors (Lipinski definition) is 3. The molecule has 0 N–H and O–H groups in total. The van der Waals surface area contributed by atoms with Crippen LogP contribution in [0, 0.1) is 0 Å². The van der Waals surface area contributed by atoms with Crippen LogP contribution in [0.5, 0.6) is 5.75 Å². The van der Waals surface area contributed by atoms with Crippen LogP contribution in [0.1, 0.15) is 36.5 Å². The van der Waals surface area contributed by atoms with Gasteiger partial charge in [-0.15, -0.1) is 0 Å². The molecule has 4 heteroatoms. The number of amides is 1. The molecule has 0 aliphatic rings. The normalized spacial score (nSPS) is 10.1. The number of nitrogens with zero attached hydrogens (tertiary/aromatic N) is 1. The first kappa shape index (κ1) is 15.2. The molecular formula is C15H21NO3. The van der Waals surface area contributed by atoms with Crippen molar-refractivity contribution in [2.45, 2.75) is 26.2 Å². The van der Waals surface area contributed by atoms with Crippen molar-refractivity contribution in [2.24, 2.45) is 0 Å². The number of benzene rings is 1. The van der Waals surface area contributed by atoms with E-state index in [1.807, 2.05) is 6.92 Å². The largest absolute Gasteiger partial charge is 0.494 e. The number of carbonyl (C=O) groups is 2. The highest BCUT2D eigenvalue weighted by atomic mass is 16.5. The van der Waals surface area contributed by atoms with Crippen LogP contribution in [0.2, 0.25) is 0 Å². The fraction of sp³-hybridized carbons (Fsp3) is 0.467. The van der Waals surface area contributed by atoms with Crippen LogP contribution in [0.4, 0.5) is 0 Å². The summed E-state index contributed by atoms with van der Waals surface area (Å²) in [6.07, 6.45) is 1.68. The lowest BCUT2D eigenvalue weighted by molar-refractivity contribution is -0.128. The van der Waals surface area contributed by atoms with Gasteiger partial charge in [-0.1, -0.05) is 6.92 Å². The molecule has 4 nitrogen and oxygen atoms in total. The van der Waals surface area contributed by atoms with Gasteiger partial charge in [-0.2, -0.15) is 0 Å². The minimum Gasteiger partial charge on any atom is -0.494 e. The average Bonchev–Trinajstić information content (AvgIpc) is 2.43. The molecule has 1 amide bonds. The van der Waals surface area contributed by atoms with Crippen molar-refractivity contribution in [2.75, 3.05) is 20.7 Å². The molecule has 0 radical (unpaired) electrons. The summed E-state index contributed by atoms with van der Waals surface area (Å²) < 4.78 is 5.52. The summed E-state index contributed by atoms with van der Waals surface area (Å²) in [5.41, 5.74) is 0.706. The van der Waals surface area contributed by atoms with E-state index < -0.39 is 0 Å². The Balaban J connectivity index is 2.34. The number of Topliss-reactive ketones (excluding diaryl/α,β-unsaturated/α-hetero) is 1. The summed E-state index contributed by atoms with van der Waals surface area (Å²) in [5, 5.41) is 0. The van der Waals surface area contributed by atoms with Crippen LogP contribution in [-0.4, -0.2) is 37.3 Å². The summed E-state index contributed by atoms with van der Waals surface area (Å²) >= 11 is 0. The highest BCUT2D eigenvalue weighted by Crippen LogP contribution is 2.14. The Kier molecular flexibility index (Phi) is 6.06. The molecule has 0 atom stereocenters. The molecule has 0 heterocycles. The number of ether oxygens (including phenoxy) is 1. The van der Waals surface area contributed by atoms with Crippen molar-refractivity contribution in [3.63, 3.8) is 0 Å². The van der Waals surface area contributed by atoms with Crippen molar-refractivity contribution in [3.05, 3.63) is 29.8 Å². The van der Waals surface area contributed by atoms with E-state index in [2.05, 4.69) is 0 Å². The first-order valence-corrected chi connectivity index (χ1v) is 6.50. The predicted octanol–water partition coefficient (Wildman–Crippen LogP) is 2.53. The van der Waals surface area contributed by atoms with Crippen LogP contribution in [0.15, 0.2) is 24.3 Å². The number of rotatable bonds is 7. The van der Waals surface area contributed by atoms with Crippen molar-refractivity contribution >= 4 is 11.7 Å². The van der Waals surface area contributed by atoms with Gasteiger partial charge in [0.25, 0.3) is 0 Å². The van der Waals surface area contributed by atoms with Crippen LogP contribution in [-0.2, 0) is 4.79 Å². The molecule has 0 aliphatic heterocycles. The van der Waals surface area contributed by atoms with Gasteiger partial charge in [-0.05, 0) is 30.7 Å². The quantitative estimate of drug-likeness (QED) is 0.561. The van der Waals surface area contributed by atoms with Gasteiger partial charge < -0.3 is 9.64 Å². The third-order valence-corrected chi connectivity index (χ3v) is 2.80. The first-order chi connectivity index (χ1) is 9.04. The zero-order chi connectivity index (χ0) is 14.3. The molecule has 1 rings (SSSR count). The van der Waals surface area contributed by atoms with Gasteiger partial charge in [-0.25, -0.2) is 0 Å². The molecule has 1 aromatic carbocycles. The van der Waals surface area contributed by atoms with Gasteiger partial charge in [0.05, 0.1) is 6.61 Å². The Bertz CT molecular complexity index is 424. The molecule has 19 heavy (non-hydrogen) atoms. The summed E-state index contributed by atoms with van der Waals surface area (Å²) in [6, 6.07) is 7.12. The molecule has 0 saturated heterocycles. The fourth-order valence-corrected chi connectivity index (χ4v) is 1.58. The molecule has 0 aliphatic carbocycles. The Morgan fingerprint density at radius 1 is 1.16 bits per heavy atom. The Hall–Kier alpha value is -1.84. The molecule has 0 fully saturated rings. The highest BCUT2D eigenvalue weighted by molar-refractivity contribution is 5.95. The van der Waals surface area contributed by atoms with Gasteiger partial charge in [0.15, 0.2) is 5.78 Å². The maximum Gasteiger partial charge on any atom is 0.222 e. The topological polar surface area (TPSA) is 46.6 Å². The van der Waals surface area contributed by atoms with Gasteiger partial charge >= 0.3 is 0 Å². The summed E-state index contributed by atoms with van der Waals surface area (Å²) in [5.74, 6) is 0.959. The Morgan fingerprint density at radius 2 is 1.79 bits per heavy atom. The summed E-state index contributed by atoms with van der Waals surface area (Å²) in [4.78, 5) is 24.4. The standard InChI is InChI=1S/C15H21NO3/c1-4-14(17)12-7-9-13(10-8-12)19-11-5-6-15(18)16(2)3/h7-10H,4-6,11H2,1-3H3. The second kappa shape index (κ2) is 7.56. The second-order valence-corrected chi connectivity index (χ2v) is 4.54. The van der Waals surface area contributed by atoms with Crippen molar-refractivity contribution in [1.29, 1.82) is 0 Å². The minimum absolute atomic E-state index is 0.104. The number of ketones is 1. The molecule has 0 unspecified atom stereocenters. The van der Waals surface area contributed by atoms with E-state index in [9.17, 15) is 9.59 Å². The molecule has 0 spiro atoms. The van der Waals surface area contributed by atoms with Crippen molar-refractivity contribution in [1.82, 2.24) is 4.90 Å². The lowest BCUT2D eigenvalue weighted by Gasteiger charge is -2.10. The average molecular weight is 263 g/mol. The fourth-order valence-electron chi connectivity index (χ4n) is 1.58. The van der Waals surface area contributed by atoms with E-state index in [-0.39, 0.29) is 11.7 Å². The number of hydrogen-bond donors (Lipinski definition) is 0. The minimum atomic E-state index is 0.104. The smallest absolute Gasteiger partial charge is 0.222 e. The van der Waals surface area contributed by atoms with E-state index in [1.165, 1.54) is 0 Å². The molecule has 0 saturated carbocycles. The molecular weight excluding hydrogens is 242 g/mol. The SMILES string of the molecule is CCC(=O)c1ccc(OCCCC(=O)N(C)C)cc1. The second-order valence-electron chi connectivity index (χ2n) is 4.54. The van der Waals surface area contributed by atoms with Crippen LogP contribution >= 0.6 is 0 Å². The molecule has 0 aromatic heterocycles. The van der Waals surface area contributed by atoms with Crippen LogP contribution in [0.3, 0.4) is 0 Å². The maximum atomic E-state index is 11.4. The van der Waals surface area contributed by atoms with Crippen molar-refractivity contribution < 1.29 is 14.3 Å². The third-order valence-electron chi connectivity index (χ3n) is 2.80. The molecule has 1 aromatic rings. The molecule has 0 bridgehead atoms. The van der Waals surface area contributed by atoms with E-state index >= 15 is 0 Å². The van der Waals surface area contributed by atoms with E-state index in [4.69, 9.17) is 4.74 Å². The van der Waals surface area contributed by atoms with Gasteiger partial charge in [-0.3, -0.25) is 9.59 Å². The Labute approximate surface area is 114 Å². The van der Waals surface area contributed by atoms with Crippen LogP contribution < -0.4 is 4.74 Å². The van der Waals surface area contributed by atoms with Gasteiger partial charge in [0, 0.05) is 32.5 Å². The predicted molar refractivity (Wildman–Crippen MR) is 74.5 cm³/mol. The lowest BCUT2D eigenvalue weighted by Crippen LogP contribution is -2.21. The third kappa shape index (κ3) is 5.12. The Morgan fingerprint density at radius 3 is 2.32 bits per heavy atom. The first-order valence-electron chi connectivity index (χ1n) is 6.50. The monoisotopic (exact) mass is 263 g/mol. The van der Waals surface area contributed by atoms with Crippen molar-refractivity contribution in [3.8, 4) is 5.75 Å². The lowest BCUT2D eigenvalue weighted by atomic mass is 10.1. The highest BCUT2D eigenvalue weighted by Gasteiger charge is 2.04. The summed E-state index contributed by atoms with van der Waals surface area (Å²) in [7, 11) is 3.49.